The van der Waals surface area contributed by atoms with E-state index in [1.54, 1.807) is 11.0 Å². The molecule has 1 amide bonds. The summed E-state index contributed by atoms with van der Waals surface area (Å²) in [5.74, 6) is 0.0607. The third kappa shape index (κ3) is 6.04. The van der Waals surface area contributed by atoms with Gasteiger partial charge in [0, 0.05) is 59.3 Å². The molecule has 2 aromatic heterocycles. The Balaban J connectivity index is 1.60. The zero-order chi connectivity index (χ0) is 31.3. The summed E-state index contributed by atoms with van der Waals surface area (Å²) in [4.78, 5) is 28.1. The number of anilines is 1. The highest BCUT2D eigenvalue weighted by Crippen LogP contribution is 2.41. The van der Waals surface area contributed by atoms with Gasteiger partial charge < -0.3 is 19.9 Å². The van der Waals surface area contributed by atoms with Crippen LogP contribution in [-0.2, 0) is 12.6 Å². The standard InChI is InChI=1S/C28H31Cl2F3N8O2/c1-27(2,3)25-21(40(10-11-41(25)26(42)43)22-7-5-18(30)24(37-22)28(31,32)33)14-39-9-8-16-17-12-15(29)4-6-19(17)36-23(16)20(39)13-35-38-34/h4-7,12,20-21,25,36H,8-11,13-14H2,1-3H3,(H,42,43). The molecule has 0 saturated carbocycles. The van der Waals surface area contributed by atoms with Crippen LogP contribution in [0.15, 0.2) is 35.4 Å². The van der Waals surface area contributed by atoms with Gasteiger partial charge in [-0.2, -0.15) is 13.2 Å². The minimum absolute atomic E-state index is 0.0607. The van der Waals surface area contributed by atoms with Crippen molar-refractivity contribution in [2.45, 2.75) is 51.5 Å². The number of piperazine rings is 1. The lowest BCUT2D eigenvalue weighted by Crippen LogP contribution is -2.68. The minimum atomic E-state index is -4.77. The van der Waals surface area contributed by atoms with Gasteiger partial charge in [0.1, 0.15) is 5.82 Å². The predicted molar refractivity (Wildman–Crippen MR) is 159 cm³/mol. The number of pyridine rings is 1. The Morgan fingerprint density at radius 2 is 1.93 bits per heavy atom. The molecule has 4 heterocycles. The van der Waals surface area contributed by atoms with E-state index in [1.165, 1.54) is 17.0 Å². The number of hydrogen-bond donors (Lipinski definition) is 2. The molecule has 0 aliphatic carbocycles. The van der Waals surface area contributed by atoms with E-state index in [1.807, 2.05) is 32.9 Å². The van der Waals surface area contributed by atoms with Gasteiger partial charge in [-0.25, -0.2) is 9.78 Å². The van der Waals surface area contributed by atoms with Crippen LogP contribution in [0.3, 0.4) is 0 Å². The van der Waals surface area contributed by atoms with Gasteiger partial charge in [-0.1, -0.05) is 49.1 Å². The van der Waals surface area contributed by atoms with Crippen molar-refractivity contribution in [1.29, 1.82) is 0 Å². The third-order valence-electron chi connectivity index (χ3n) is 8.27. The molecule has 0 radical (unpaired) electrons. The first-order valence-electron chi connectivity index (χ1n) is 13.8. The number of alkyl halides is 3. The van der Waals surface area contributed by atoms with Crippen molar-refractivity contribution in [3.63, 3.8) is 0 Å². The molecular weight excluding hydrogens is 608 g/mol. The number of fused-ring (bicyclic) bond motifs is 3. The fourth-order valence-electron chi connectivity index (χ4n) is 6.60. The second-order valence-electron chi connectivity index (χ2n) is 11.9. The normalized spacial score (nSPS) is 21.5. The molecule has 3 aromatic rings. The monoisotopic (exact) mass is 638 g/mol. The van der Waals surface area contributed by atoms with Crippen molar-refractivity contribution in [2.24, 2.45) is 10.5 Å². The fourth-order valence-corrected chi connectivity index (χ4v) is 6.98. The topological polar surface area (TPSA) is 124 Å². The first-order chi connectivity index (χ1) is 20.2. The number of nitrogens with one attached hydrogen (secondary N) is 1. The number of aromatic amines is 1. The lowest BCUT2D eigenvalue weighted by atomic mass is 9.78. The molecule has 1 saturated heterocycles. The highest BCUT2D eigenvalue weighted by atomic mass is 35.5. The number of carbonyl (C=O) groups is 1. The summed E-state index contributed by atoms with van der Waals surface area (Å²) in [5.41, 5.74) is 10.2. The molecule has 0 bridgehead atoms. The average Bonchev–Trinajstić information content (AvgIpc) is 3.29. The number of benzene rings is 1. The van der Waals surface area contributed by atoms with Crippen molar-refractivity contribution < 1.29 is 23.1 Å². The molecular formula is C28H31Cl2F3N8O2. The number of carboxylic acid groups (broad SMARTS) is 1. The van der Waals surface area contributed by atoms with E-state index in [-0.39, 0.29) is 32.0 Å². The van der Waals surface area contributed by atoms with Crippen molar-refractivity contribution in [2.75, 3.05) is 37.6 Å². The van der Waals surface area contributed by atoms with Crippen LogP contribution < -0.4 is 4.90 Å². The number of amides is 1. The summed E-state index contributed by atoms with van der Waals surface area (Å²) in [6.45, 7) is 6.83. The van der Waals surface area contributed by atoms with Crippen molar-refractivity contribution in [3.05, 3.63) is 67.8 Å². The molecule has 15 heteroatoms. The molecule has 3 unspecified atom stereocenters. The van der Waals surface area contributed by atoms with E-state index >= 15 is 0 Å². The Morgan fingerprint density at radius 1 is 1.19 bits per heavy atom. The largest absolute Gasteiger partial charge is 0.465 e. The summed E-state index contributed by atoms with van der Waals surface area (Å²) >= 11 is 12.2. The zero-order valence-corrected chi connectivity index (χ0v) is 25.2. The molecule has 43 heavy (non-hydrogen) atoms. The summed E-state index contributed by atoms with van der Waals surface area (Å²) in [6, 6.07) is 6.56. The highest BCUT2D eigenvalue weighted by Gasteiger charge is 2.48. The van der Waals surface area contributed by atoms with E-state index in [0.717, 1.165) is 22.2 Å². The van der Waals surface area contributed by atoms with Crippen LogP contribution in [0, 0.1) is 5.41 Å². The van der Waals surface area contributed by atoms with Gasteiger partial charge in [0.25, 0.3) is 0 Å². The Bertz CT molecular complexity index is 1580. The van der Waals surface area contributed by atoms with Crippen molar-refractivity contribution >= 4 is 46.0 Å². The van der Waals surface area contributed by atoms with Crippen LogP contribution in [0.25, 0.3) is 21.3 Å². The van der Waals surface area contributed by atoms with Crippen LogP contribution in [0.4, 0.5) is 23.8 Å². The lowest BCUT2D eigenvalue weighted by molar-refractivity contribution is -0.141. The molecule has 0 spiro atoms. The van der Waals surface area contributed by atoms with Crippen LogP contribution in [-0.4, -0.2) is 75.8 Å². The number of azide groups is 1. The Hall–Kier alpha value is -3.38. The van der Waals surface area contributed by atoms with Crippen LogP contribution in [0.1, 0.15) is 43.8 Å². The maximum Gasteiger partial charge on any atom is 0.434 e. The quantitative estimate of drug-likeness (QED) is 0.171. The van der Waals surface area contributed by atoms with Gasteiger partial charge >= 0.3 is 12.3 Å². The predicted octanol–water partition coefficient (Wildman–Crippen LogP) is 7.38. The molecule has 230 valence electrons. The molecule has 2 aliphatic heterocycles. The number of halogens is 5. The summed E-state index contributed by atoms with van der Waals surface area (Å²) in [6.07, 6.45) is -5.24. The SMILES string of the molecule is CC(C)(C)C1C(CN2CCc3c([nH]c4ccc(Cl)cc34)C2CN=[N+]=[N-])N(c2ccc(Cl)c(C(F)(F)F)n2)CCN1C(=O)O. The van der Waals surface area contributed by atoms with Crippen LogP contribution >= 0.6 is 23.2 Å². The molecule has 10 nitrogen and oxygen atoms in total. The highest BCUT2D eigenvalue weighted by molar-refractivity contribution is 6.31. The number of H-pyrrole nitrogens is 1. The second kappa shape index (κ2) is 11.6. The number of nitrogens with zero attached hydrogens (tertiary/aromatic N) is 7. The third-order valence-corrected chi connectivity index (χ3v) is 8.81. The van der Waals surface area contributed by atoms with Gasteiger partial charge in [-0.05, 0) is 53.3 Å². The second-order valence-corrected chi connectivity index (χ2v) is 12.8. The summed E-state index contributed by atoms with van der Waals surface area (Å²) in [7, 11) is 0. The van der Waals surface area contributed by atoms with Crippen molar-refractivity contribution in [3.8, 4) is 0 Å². The van der Waals surface area contributed by atoms with E-state index in [4.69, 9.17) is 23.2 Å². The first-order valence-corrected chi connectivity index (χ1v) is 14.5. The molecule has 1 fully saturated rings. The van der Waals surface area contributed by atoms with Gasteiger partial charge in [-0.3, -0.25) is 4.90 Å². The Kier molecular flexibility index (Phi) is 8.38. The van der Waals surface area contributed by atoms with Gasteiger partial charge in [-0.15, -0.1) is 0 Å². The summed E-state index contributed by atoms with van der Waals surface area (Å²) < 4.78 is 41.4. The van der Waals surface area contributed by atoms with Crippen LogP contribution in [0.2, 0.25) is 10.0 Å². The van der Waals surface area contributed by atoms with E-state index < -0.39 is 46.5 Å². The fraction of sp³-hybridized carbons (Fsp3) is 0.500. The van der Waals surface area contributed by atoms with Crippen LogP contribution in [0.5, 0.6) is 0 Å². The first kappa shape index (κ1) is 31.1. The molecule has 5 rings (SSSR count). The maximum absolute atomic E-state index is 13.8. The maximum atomic E-state index is 13.8. The Morgan fingerprint density at radius 3 is 2.58 bits per heavy atom. The summed E-state index contributed by atoms with van der Waals surface area (Å²) in [5, 5.41) is 15.1. The molecule has 2 aliphatic rings. The smallest absolute Gasteiger partial charge is 0.434 e. The zero-order valence-electron chi connectivity index (χ0n) is 23.7. The van der Waals surface area contributed by atoms with Crippen molar-refractivity contribution in [1.82, 2.24) is 19.8 Å². The Labute approximate surface area is 256 Å². The number of hydrogen-bond acceptors (Lipinski definition) is 5. The van der Waals surface area contributed by atoms with E-state index in [0.29, 0.717) is 18.0 Å². The molecule has 3 atom stereocenters. The molecule has 2 N–H and O–H groups in total. The molecule has 1 aromatic carbocycles. The number of aromatic nitrogens is 2. The van der Waals surface area contributed by atoms with Gasteiger partial charge in [0.2, 0.25) is 0 Å². The average molecular weight is 640 g/mol. The number of rotatable bonds is 5. The van der Waals surface area contributed by atoms with Gasteiger partial charge in [0.05, 0.1) is 23.1 Å². The lowest BCUT2D eigenvalue weighted by Gasteiger charge is -2.53. The van der Waals surface area contributed by atoms with Gasteiger partial charge in [0.15, 0.2) is 5.69 Å². The minimum Gasteiger partial charge on any atom is -0.465 e. The van der Waals surface area contributed by atoms with E-state index in [2.05, 4.69) is 24.9 Å². The van der Waals surface area contributed by atoms with E-state index in [9.17, 15) is 28.6 Å².